The van der Waals surface area contributed by atoms with Crippen LogP contribution in [0.1, 0.15) is 73.1 Å². The summed E-state index contributed by atoms with van der Waals surface area (Å²) in [7, 11) is 1.75. The Morgan fingerprint density at radius 2 is 1.90 bits per heavy atom. The summed E-state index contributed by atoms with van der Waals surface area (Å²) < 4.78 is 10.6. The van der Waals surface area contributed by atoms with Crippen LogP contribution in [0, 0.1) is 5.41 Å². The van der Waals surface area contributed by atoms with E-state index >= 15 is 0 Å². The Labute approximate surface area is 194 Å². The van der Waals surface area contributed by atoms with Crippen molar-refractivity contribution in [1.82, 2.24) is 16.0 Å². The first kappa shape index (κ1) is 28.2. The van der Waals surface area contributed by atoms with Gasteiger partial charge in [-0.3, -0.25) is 4.99 Å². The number of halogens is 1. The molecule has 1 fully saturated rings. The highest BCUT2D eigenvalue weighted by molar-refractivity contribution is 14.0. The predicted molar refractivity (Wildman–Crippen MR) is 130 cm³/mol. The number of nitrogens with one attached hydrogen (secondary N) is 3. The topological polar surface area (TPSA) is 84.0 Å². The van der Waals surface area contributed by atoms with Crippen LogP contribution in [0.2, 0.25) is 0 Å². The third-order valence-corrected chi connectivity index (χ3v) is 4.85. The molecule has 1 amide bonds. The summed E-state index contributed by atoms with van der Waals surface area (Å²) in [6, 6.07) is 0.111. The summed E-state index contributed by atoms with van der Waals surface area (Å²) in [5.74, 6) is 0.818. The van der Waals surface area contributed by atoms with Gasteiger partial charge in [0, 0.05) is 39.4 Å². The molecule has 1 saturated carbocycles. The Hall–Kier alpha value is -0.770. The maximum absolute atomic E-state index is 12.0. The average Bonchev–Trinajstić information content (AvgIpc) is 3.39. The first-order valence-corrected chi connectivity index (χ1v) is 10.7. The molecule has 7 nitrogen and oxygen atoms in total. The van der Waals surface area contributed by atoms with Gasteiger partial charge in [-0.2, -0.15) is 0 Å². The number of carbonyl (C=O) groups excluding carboxylic acids is 1. The lowest BCUT2D eigenvalue weighted by Crippen LogP contribution is -2.49. The number of hydrogen-bond donors (Lipinski definition) is 3. The van der Waals surface area contributed by atoms with E-state index in [1.165, 1.54) is 12.8 Å². The minimum Gasteiger partial charge on any atom is -0.444 e. The summed E-state index contributed by atoms with van der Waals surface area (Å²) in [5, 5.41) is 9.72. The zero-order valence-corrected chi connectivity index (χ0v) is 21.6. The van der Waals surface area contributed by atoms with E-state index in [1.54, 1.807) is 7.11 Å². The second-order valence-corrected chi connectivity index (χ2v) is 8.80. The first-order chi connectivity index (χ1) is 13.2. The highest BCUT2D eigenvalue weighted by Crippen LogP contribution is 2.48. The third kappa shape index (κ3) is 13.2. The van der Waals surface area contributed by atoms with Crippen molar-refractivity contribution in [2.75, 3.05) is 33.4 Å². The molecule has 172 valence electrons. The number of aliphatic imine (C=N–C) groups is 1. The molecule has 0 aromatic carbocycles. The van der Waals surface area contributed by atoms with Crippen LogP contribution in [0.25, 0.3) is 0 Å². The molecule has 0 radical (unpaired) electrons. The molecule has 8 heteroatoms. The number of unbranched alkanes of at least 4 members (excludes halogenated alkanes) is 1. The smallest absolute Gasteiger partial charge is 0.407 e. The van der Waals surface area contributed by atoms with E-state index in [1.807, 2.05) is 20.8 Å². The summed E-state index contributed by atoms with van der Waals surface area (Å²) in [4.78, 5) is 16.8. The van der Waals surface area contributed by atoms with Gasteiger partial charge in [-0.25, -0.2) is 4.79 Å². The zero-order valence-electron chi connectivity index (χ0n) is 19.2. The van der Waals surface area contributed by atoms with Crippen molar-refractivity contribution in [2.24, 2.45) is 10.4 Å². The number of carbonyl (C=O) groups is 1. The number of hydrogen-bond acceptors (Lipinski definition) is 4. The molecule has 0 bridgehead atoms. The number of nitrogens with zero attached hydrogens (tertiary/aromatic N) is 1. The van der Waals surface area contributed by atoms with Crippen molar-refractivity contribution < 1.29 is 14.3 Å². The van der Waals surface area contributed by atoms with Gasteiger partial charge in [0.25, 0.3) is 0 Å². The van der Waals surface area contributed by atoms with Crippen LogP contribution in [-0.2, 0) is 9.47 Å². The fourth-order valence-corrected chi connectivity index (χ4v) is 2.94. The fourth-order valence-electron chi connectivity index (χ4n) is 2.94. The molecular formula is C21H43IN4O3. The number of rotatable bonds is 12. The molecule has 1 unspecified atom stereocenters. The first-order valence-electron chi connectivity index (χ1n) is 10.7. The Balaban J connectivity index is 0.00000784. The van der Waals surface area contributed by atoms with Crippen molar-refractivity contribution in [1.29, 1.82) is 0 Å². The molecule has 0 heterocycles. The Morgan fingerprint density at radius 3 is 2.41 bits per heavy atom. The lowest BCUT2D eigenvalue weighted by atomic mass is 10.0. The lowest BCUT2D eigenvalue weighted by molar-refractivity contribution is 0.0522. The maximum Gasteiger partial charge on any atom is 0.407 e. The van der Waals surface area contributed by atoms with Crippen molar-refractivity contribution in [3.63, 3.8) is 0 Å². The van der Waals surface area contributed by atoms with Crippen LogP contribution in [-0.4, -0.2) is 57.0 Å². The minimum atomic E-state index is -0.492. The van der Waals surface area contributed by atoms with E-state index in [4.69, 9.17) is 14.5 Å². The molecule has 1 aliphatic rings. The Kier molecular flexibility index (Phi) is 13.9. The highest BCUT2D eigenvalue weighted by Gasteiger charge is 2.41. The maximum atomic E-state index is 12.0. The van der Waals surface area contributed by atoms with Crippen molar-refractivity contribution in [3.05, 3.63) is 0 Å². The molecule has 1 atom stereocenters. The van der Waals surface area contributed by atoms with Gasteiger partial charge >= 0.3 is 6.09 Å². The molecule has 29 heavy (non-hydrogen) atoms. The summed E-state index contributed by atoms with van der Waals surface area (Å²) in [6.45, 7) is 12.8. The molecular weight excluding hydrogens is 483 g/mol. The van der Waals surface area contributed by atoms with Gasteiger partial charge in [0.1, 0.15) is 5.60 Å². The Bertz CT molecular complexity index is 491. The van der Waals surface area contributed by atoms with Crippen LogP contribution >= 0.6 is 24.0 Å². The van der Waals surface area contributed by atoms with E-state index in [-0.39, 0.29) is 36.1 Å². The van der Waals surface area contributed by atoms with Gasteiger partial charge in [0.05, 0.1) is 0 Å². The quantitative estimate of drug-likeness (QED) is 0.203. The van der Waals surface area contributed by atoms with E-state index in [0.29, 0.717) is 12.0 Å². The van der Waals surface area contributed by atoms with E-state index < -0.39 is 5.60 Å². The largest absolute Gasteiger partial charge is 0.444 e. The SMILES string of the molecule is CCCCC(CNC(=O)OC(C)(C)C)NC(=NCC1(CCOC)CC1)NCC.I. The van der Waals surface area contributed by atoms with Gasteiger partial charge in [0.2, 0.25) is 0 Å². The zero-order chi connectivity index (χ0) is 21.0. The molecule has 0 aliphatic heterocycles. The van der Waals surface area contributed by atoms with Crippen LogP contribution < -0.4 is 16.0 Å². The molecule has 0 spiro atoms. The van der Waals surface area contributed by atoms with E-state index in [9.17, 15) is 4.79 Å². The average molecular weight is 527 g/mol. The van der Waals surface area contributed by atoms with Crippen molar-refractivity contribution in [2.45, 2.75) is 84.8 Å². The number of methoxy groups -OCH3 is 1. The molecule has 0 aromatic heterocycles. The normalized spacial score (nSPS) is 16.4. The number of guanidine groups is 1. The van der Waals surface area contributed by atoms with E-state index in [2.05, 4.69) is 29.8 Å². The molecule has 0 saturated heterocycles. The predicted octanol–water partition coefficient (Wildman–Crippen LogP) is 4.06. The summed E-state index contributed by atoms with van der Waals surface area (Å²) in [6.07, 6.45) is 6.28. The van der Waals surface area contributed by atoms with Crippen LogP contribution in [0.15, 0.2) is 4.99 Å². The number of alkyl carbamates (subject to hydrolysis) is 1. The molecule has 1 aliphatic carbocycles. The fraction of sp³-hybridized carbons (Fsp3) is 0.905. The van der Waals surface area contributed by atoms with Gasteiger partial charge in [-0.1, -0.05) is 19.8 Å². The number of ether oxygens (including phenoxy) is 2. The van der Waals surface area contributed by atoms with Gasteiger partial charge in [0.15, 0.2) is 5.96 Å². The molecule has 1 rings (SSSR count). The lowest BCUT2D eigenvalue weighted by Gasteiger charge is -2.24. The summed E-state index contributed by atoms with van der Waals surface area (Å²) >= 11 is 0. The van der Waals surface area contributed by atoms with Gasteiger partial charge in [-0.05, 0) is 58.8 Å². The minimum absolute atomic E-state index is 0. The van der Waals surface area contributed by atoms with E-state index in [0.717, 1.165) is 51.3 Å². The van der Waals surface area contributed by atoms with Gasteiger partial charge in [-0.15, -0.1) is 24.0 Å². The van der Waals surface area contributed by atoms with Crippen LogP contribution in [0.5, 0.6) is 0 Å². The van der Waals surface area contributed by atoms with Crippen LogP contribution in [0.3, 0.4) is 0 Å². The van der Waals surface area contributed by atoms with Crippen LogP contribution in [0.4, 0.5) is 4.79 Å². The second kappa shape index (κ2) is 14.3. The van der Waals surface area contributed by atoms with Crippen molar-refractivity contribution >= 4 is 36.0 Å². The molecule has 0 aromatic rings. The Morgan fingerprint density at radius 1 is 1.21 bits per heavy atom. The highest BCUT2D eigenvalue weighted by atomic mass is 127. The summed E-state index contributed by atoms with van der Waals surface area (Å²) in [5.41, 5.74) is -0.181. The van der Waals surface area contributed by atoms with Gasteiger partial charge < -0.3 is 25.4 Å². The number of amides is 1. The van der Waals surface area contributed by atoms with Crippen molar-refractivity contribution in [3.8, 4) is 0 Å². The second-order valence-electron chi connectivity index (χ2n) is 8.80. The standard InChI is InChI=1S/C21H42N4O3.HI/c1-7-9-10-17(15-23-19(26)28-20(3,4)5)25-18(22-8-2)24-16-21(11-12-21)13-14-27-6;/h17H,7-16H2,1-6H3,(H,23,26)(H2,22,24,25);1H. The monoisotopic (exact) mass is 526 g/mol. The third-order valence-electron chi connectivity index (χ3n) is 4.85. The molecule has 3 N–H and O–H groups in total.